The molecule has 11 nitrogen and oxygen atoms in total. The lowest BCUT2D eigenvalue weighted by Crippen LogP contribution is -2.27. The van der Waals surface area contributed by atoms with Crippen LogP contribution in [0.4, 0.5) is 23.1 Å². The Kier molecular flexibility index (Phi) is 3.95. The van der Waals surface area contributed by atoms with Crippen LogP contribution in [0.3, 0.4) is 0 Å². The molecule has 32 heavy (non-hydrogen) atoms. The lowest BCUT2D eigenvalue weighted by Gasteiger charge is -2.29. The first kappa shape index (κ1) is 16.6. The van der Waals surface area contributed by atoms with Crippen molar-refractivity contribution in [2.75, 3.05) is 29.6 Å². The molecule has 0 unspecified atom stereocenters. The van der Waals surface area contributed by atoms with Crippen LogP contribution >= 0.6 is 0 Å². The molecule has 0 atom stereocenters. The molecule has 1 saturated carbocycles. The van der Waals surface area contributed by atoms with Crippen LogP contribution in [0.2, 0.25) is 0 Å². The minimum absolute atomic E-state index is 0.0159. The van der Waals surface area contributed by atoms with E-state index in [1.54, 1.807) is 10.7 Å². The Morgan fingerprint density at radius 1 is 1.25 bits per heavy atom. The van der Waals surface area contributed by atoms with E-state index >= 15 is 0 Å². The van der Waals surface area contributed by atoms with Crippen molar-refractivity contribution in [3.63, 3.8) is 0 Å². The summed E-state index contributed by atoms with van der Waals surface area (Å²) in [6, 6.07) is 5.53. The fourth-order valence-corrected chi connectivity index (χ4v) is 3.71. The minimum Gasteiger partial charge on any atom is -0.364 e. The van der Waals surface area contributed by atoms with Gasteiger partial charge in [0.05, 0.1) is 23.6 Å². The third-order valence-electron chi connectivity index (χ3n) is 5.37. The van der Waals surface area contributed by atoms with Crippen molar-refractivity contribution in [3.05, 3.63) is 41.6 Å². The molecule has 1 aliphatic carbocycles. The number of fused-ring (bicyclic) bond motifs is 3. The Bertz CT molecular complexity index is 1330. The summed E-state index contributed by atoms with van der Waals surface area (Å²) in [7, 11) is 1.90. The average molecular weight is 436 g/mol. The highest BCUT2D eigenvalue weighted by Gasteiger charge is 2.30. The number of anilines is 4. The minimum atomic E-state index is -2.69. The second kappa shape index (κ2) is 7.59. The first-order valence-electron chi connectivity index (χ1n) is 11.6. The smallest absolute Gasteiger partial charge is 0.256 e. The first-order valence-corrected chi connectivity index (χ1v) is 10.1. The van der Waals surface area contributed by atoms with Crippen molar-refractivity contribution in [1.82, 2.24) is 30.0 Å². The first-order chi connectivity index (χ1) is 16.6. The summed E-state index contributed by atoms with van der Waals surface area (Å²) < 4.78 is 23.9. The van der Waals surface area contributed by atoms with Gasteiger partial charge < -0.3 is 15.5 Å². The van der Waals surface area contributed by atoms with Gasteiger partial charge in [-0.05, 0) is 31.9 Å². The number of hydrogen-bond donors (Lipinski definition) is 3. The van der Waals surface area contributed by atoms with Crippen molar-refractivity contribution in [3.8, 4) is 5.69 Å². The van der Waals surface area contributed by atoms with Crippen LogP contribution < -0.4 is 20.9 Å². The lowest BCUT2D eigenvalue weighted by molar-refractivity contribution is -0.117. The number of hydrogen-bond acceptors (Lipinski definition) is 8. The monoisotopic (exact) mass is 436 g/mol. The van der Waals surface area contributed by atoms with Gasteiger partial charge in [-0.15, -0.1) is 0 Å². The summed E-state index contributed by atoms with van der Waals surface area (Å²) in [4.78, 5) is 39.8. The number of para-hydroxylation sites is 1. The molecule has 2 aliphatic rings. The molecule has 0 saturated heterocycles. The van der Waals surface area contributed by atoms with Gasteiger partial charge in [-0.3, -0.25) is 14.9 Å². The van der Waals surface area contributed by atoms with Crippen LogP contribution in [0.5, 0.6) is 0 Å². The number of carbonyl (C=O) groups is 2. The predicted octanol–water partition coefficient (Wildman–Crippen LogP) is 1.77. The van der Waals surface area contributed by atoms with Crippen LogP contribution in [0.1, 0.15) is 39.0 Å². The molecule has 2 aromatic heterocycles. The number of amides is 2. The fraction of sp³-hybridized carbons (Fsp3) is 0.333. The van der Waals surface area contributed by atoms with Gasteiger partial charge in [0.25, 0.3) is 5.91 Å². The summed E-state index contributed by atoms with van der Waals surface area (Å²) in [6.45, 7) is -0.368. The molecular formula is C21H23N9O2. The molecule has 1 aromatic carbocycles. The number of benzene rings is 1. The summed E-state index contributed by atoms with van der Waals surface area (Å²) >= 11 is 0. The molecule has 3 aromatic rings. The predicted molar refractivity (Wildman–Crippen MR) is 118 cm³/mol. The van der Waals surface area contributed by atoms with E-state index in [1.807, 2.05) is 36.3 Å². The maximum absolute atomic E-state index is 12.7. The van der Waals surface area contributed by atoms with Crippen molar-refractivity contribution >= 4 is 35.0 Å². The number of aromatic nitrogens is 5. The highest BCUT2D eigenvalue weighted by Crippen LogP contribution is 2.38. The summed E-state index contributed by atoms with van der Waals surface area (Å²) in [5.74, 6) is 0.372. The van der Waals surface area contributed by atoms with E-state index in [0.29, 0.717) is 18.1 Å². The van der Waals surface area contributed by atoms with Gasteiger partial charge in [0.1, 0.15) is 17.2 Å². The number of rotatable bonds is 5. The number of nitrogens with one attached hydrogen (secondary N) is 3. The molecule has 11 heteroatoms. The van der Waals surface area contributed by atoms with E-state index in [0.717, 1.165) is 30.0 Å². The van der Waals surface area contributed by atoms with Crippen molar-refractivity contribution in [2.45, 2.75) is 26.3 Å². The third kappa shape index (κ3) is 3.51. The van der Waals surface area contributed by atoms with Crippen LogP contribution in [0, 0.1) is 12.8 Å². The van der Waals surface area contributed by atoms with E-state index in [4.69, 9.17) is 4.11 Å². The molecule has 3 heterocycles. The van der Waals surface area contributed by atoms with Crippen molar-refractivity contribution < 1.29 is 13.7 Å². The zero-order valence-electron chi connectivity index (χ0n) is 20.5. The Morgan fingerprint density at radius 2 is 2.09 bits per heavy atom. The lowest BCUT2D eigenvalue weighted by atomic mass is 10.1. The summed E-state index contributed by atoms with van der Waals surface area (Å²) in [5.41, 5.74) is 2.09. The summed E-state index contributed by atoms with van der Waals surface area (Å²) in [6.07, 6.45) is 2.81. The third-order valence-corrected chi connectivity index (χ3v) is 5.37. The molecule has 164 valence electrons. The fourth-order valence-electron chi connectivity index (χ4n) is 3.71. The van der Waals surface area contributed by atoms with Gasteiger partial charge in [0.15, 0.2) is 5.82 Å². The van der Waals surface area contributed by atoms with Gasteiger partial charge >= 0.3 is 0 Å². The van der Waals surface area contributed by atoms with Crippen LogP contribution in [-0.2, 0) is 11.3 Å². The second-order valence-corrected chi connectivity index (χ2v) is 7.81. The molecule has 1 aliphatic heterocycles. The quantitative estimate of drug-likeness (QED) is 0.552. The van der Waals surface area contributed by atoms with Gasteiger partial charge in [0.2, 0.25) is 11.9 Å². The van der Waals surface area contributed by atoms with Crippen LogP contribution in [0.25, 0.3) is 5.69 Å². The van der Waals surface area contributed by atoms with Crippen LogP contribution in [-0.4, -0.2) is 50.6 Å². The van der Waals surface area contributed by atoms with Crippen LogP contribution in [0.15, 0.2) is 24.4 Å². The Hall–Kier alpha value is -4.02. The number of nitrogens with zero attached hydrogens (tertiary/aromatic N) is 6. The summed E-state index contributed by atoms with van der Waals surface area (Å²) in [5, 5.41) is 12.2. The zero-order valence-corrected chi connectivity index (χ0v) is 17.5. The second-order valence-electron chi connectivity index (χ2n) is 7.81. The molecule has 5 rings (SSSR count). The van der Waals surface area contributed by atoms with Gasteiger partial charge in [-0.2, -0.15) is 10.1 Å². The Labute approximate surface area is 188 Å². The van der Waals surface area contributed by atoms with E-state index in [-0.39, 0.29) is 29.2 Å². The zero-order chi connectivity index (χ0) is 24.9. The molecule has 1 fully saturated rings. The maximum Gasteiger partial charge on any atom is 0.256 e. The van der Waals surface area contributed by atoms with Crippen molar-refractivity contribution in [2.24, 2.45) is 5.92 Å². The highest BCUT2D eigenvalue weighted by molar-refractivity contribution is 6.00. The average Bonchev–Trinajstić information content (AvgIpc) is 3.55. The maximum atomic E-state index is 12.7. The SMILES string of the molecule is [2H]C([2H])([2H])NC(=O)c1cnc(NC(=O)C2CC2)nc1Nc1cccc2c1N(C)Cc1nc(C)nn1-2. The molecule has 0 spiro atoms. The van der Waals surface area contributed by atoms with E-state index in [1.165, 1.54) is 6.20 Å². The molecule has 2 amide bonds. The van der Waals surface area contributed by atoms with Gasteiger partial charge in [-0.25, -0.2) is 14.6 Å². The number of carbonyl (C=O) groups excluding carboxylic acids is 2. The van der Waals surface area contributed by atoms with E-state index in [9.17, 15) is 9.59 Å². The van der Waals surface area contributed by atoms with E-state index in [2.05, 4.69) is 30.7 Å². The Balaban J connectivity index is 1.54. The molecule has 3 N–H and O–H groups in total. The van der Waals surface area contributed by atoms with Gasteiger partial charge in [-0.1, -0.05) is 6.07 Å². The molecular weight excluding hydrogens is 410 g/mol. The van der Waals surface area contributed by atoms with Gasteiger partial charge in [0, 0.05) is 30.3 Å². The highest BCUT2D eigenvalue weighted by atomic mass is 16.2. The Morgan fingerprint density at radius 3 is 2.88 bits per heavy atom. The van der Waals surface area contributed by atoms with E-state index < -0.39 is 12.9 Å². The largest absolute Gasteiger partial charge is 0.364 e. The standard InChI is InChI=1S/C21H23N9O2/c1-11-24-16-10-29(3)17-14(5-4-6-15(17)30(16)28-11)25-18-13(20(32)22-2)9-23-21(26-18)27-19(31)12-7-8-12/h4-6,9,12H,7-8,10H2,1-3H3,(H,22,32)(H2,23,25,26,27,31)/i2D3. The molecule has 0 radical (unpaired) electrons. The number of aryl methyl sites for hydroxylation is 1. The topological polar surface area (TPSA) is 130 Å². The normalized spacial score (nSPS) is 16.2. The van der Waals surface area contributed by atoms with Crippen molar-refractivity contribution in [1.29, 1.82) is 0 Å². The molecule has 0 bridgehead atoms.